The van der Waals surface area contributed by atoms with Crippen molar-refractivity contribution in [1.29, 1.82) is 0 Å². The molecule has 2 rings (SSSR count). The first kappa shape index (κ1) is 14.5. The molecule has 4 N–H and O–H groups in total. The average molecular weight is 388 g/mol. The molecule has 104 valence electrons. The van der Waals surface area contributed by atoms with Crippen molar-refractivity contribution in [2.75, 3.05) is 10.7 Å². The summed E-state index contributed by atoms with van der Waals surface area (Å²) in [6.45, 7) is 0. The van der Waals surface area contributed by atoms with Gasteiger partial charge in [-0.1, -0.05) is 0 Å². The molecular formula is C12H10FIN4O2. The van der Waals surface area contributed by atoms with Crippen LogP contribution >= 0.6 is 22.6 Å². The zero-order valence-electron chi connectivity index (χ0n) is 10.1. The Bertz CT molecular complexity index is 666. The van der Waals surface area contributed by atoms with E-state index in [-0.39, 0.29) is 11.5 Å². The van der Waals surface area contributed by atoms with E-state index in [2.05, 4.69) is 10.7 Å². The summed E-state index contributed by atoms with van der Waals surface area (Å²) in [5.41, 5.74) is 3.80. The first-order valence-corrected chi connectivity index (χ1v) is 6.55. The third-order valence-corrected chi connectivity index (χ3v) is 3.40. The highest BCUT2D eigenvalue weighted by Gasteiger charge is 2.10. The Balaban J connectivity index is 2.37. The number of hydrogen-bond donors (Lipinski definition) is 3. The Morgan fingerprint density at radius 2 is 1.90 bits per heavy atom. The molecule has 0 saturated heterocycles. The summed E-state index contributed by atoms with van der Waals surface area (Å²) in [5.74, 6) is 4.94. The predicted molar refractivity (Wildman–Crippen MR) is 83.3 cm³/mol. The Labute approximate surface area is 127 Å². The Morgan fingerprint density at radius 1 is 1.20 bits per heavy atom. The number of nitro groups is 1. The number of benzene rings is 2. The van der Waals surface area contributed by atoms with E-state index in [0.29, 0.717) is 20.6 Å². The minimum Gasteiger partial charge on any atom is -0.354 e. The minimum atomic E-state index is -0.512. The highest BCUT2D eigenvalue weighted by molar-refractivity contribution is 14.1. The lowest BCUT2D eigenvalue weighted by Gasteiger charge is -2.10. The van der Waals surface area contributed by atoms with E-state index in [4.69, 9.17) is 5.84 Å². The normalized spacial score (nSPS) is 10.2. The first-order chi connectivity index (χ1) is 9.49. The average Bonchev–Trinajstić information content (AvgIpc) is 2.41. The largest absolute Gasteiger partial charge is 0.354 e. The second-order valence-electron chi connectivity index (χ2n) is 3.92. The molecule has 2 aromatic rings. The van der Waals surface area contributed by atoms with Gasteiger partial charge in [0.05, 0.1) is 16.3 Å². The molecule has 2 aromatic carbocycles. The van der Waals surface area contributed by atoms with Crippen LogP contribution in [0, 0.1) is 19.5 Å². The van der Waals surface area contributed by atoms with Crippen molar-refractivity contribution in [1.82, 2.24) is 0 Å². The molecule has 0 aliphatic rings. The van der Waals surface area contributed by atoms with E-state index in [1.165, 1.54) is 24.3 Å². The number of non-ortho nitro benzene ring substituents is 1. The second-order valence-corrected chi connectivity index (χ2v) is 5.08. The monoisotopic (exact) mass is 388 g/mol. The summed E-state index contributed by atoms with van der Waals surface area (Å²) in [6.07, 6.45) is 0. The van der Waals surface area contributed by atoms with Crippen LogP contribution in [-0.2, 0) is 0 Å². The maximum absolute atomic E-state index is 13.0. The molecule has 0 spiro atoms. The van der Waals surface area contributed by atoms with Gasteiger partial charge in [0.15, 0.2) is 0 Å². The second kappa shape index (κ2) is 6.01. The van der Waals surface area contributed by atoms with Crippen LogP contribution in [0.25, 0.3) is 0 Å². The fourth-order valence-corrected chi connectivity index (χ4v) is 2.23. The van der Waals surface area contributed by atoms with Crippen molar-refractivity contribution in [2.24, 2.45) is 5.84 Å². The molecule has 0 amide bonds. The molecule has 0 heterocycles. The fourth-order valence-electron chi connectivity index (χ4n) is 1.62. The number of nitrogens with zero attached hydrogens (tertiary/aromatic N) is 1. The van der Waals surface area contributed by atoms with E-state index < -0.39 is 4.92 Å². The fraction of sp³-hybridized carbons (Fsp3) is 0. The summed E-state index contributed by atoms with van der Waals surface area (Å²) in [4.78, 5) is 10.3. The lowest BCUT2D eigenvalue weighted by Crippen LogP contribution is -2.07. The van der Waals surface area contributed by atoms with Crippen molar-refractivity contribution in [3.8, 4) is 0 Å². The minimum absolute atomic E-state index is 0.0972. The topological polar surface area (TPSA) is 93.2 Å². The SMILES string of the molecule is NNc1cc(Nc2ccc(F)cc2I)cc([N+](=O)[O-])c1. The van der Waals surface area contributed by atoms with Gasteiger partial charge in [-0.3, -0.25) is 16.0 Å². The molecule has 20 heavy (non-hydrogen) atoms. The number of anilines is 3. The zero-order chi connectivity index (χ0) is 14.7. The van der Waals surface area contributed by atoms with Crippen LogP contribution in [0.4, 0.5) is 27.1 Å². The number of nitrogen functional groups attached to an aromatic ring is 1. The molecule has 0 fully saturated rings. The quantitative estimate of drug-likeness (QED) is 0.323. The first-order valence-electron chi connectivity index (χ1n) is 5.48. The van der Waals surface area contributed by atoms with Crippen LogP contribution in [0.2, 0.25) is 0 Å². The lowest BCUT2D eigenvalue weighted by atomic mass is 10.2. The van der Waals surface area contributed by atoms with Crippen molar-refractivity contribution >= 4 is 45.3 Å². The van der Waals surface area contributed by atoms with E-state index >= 15 is 0 Å². The lowest BCUT2D eigenvalue weighted by molar-refractivity contribution is -0.384. The van der Waals surface area contributed by atoms with E-state index in [1.807, 2.05) is 22.6 Å². The number of nitrogens with two attached hydrogens (primary N) is 1. The van der Waals surface area contributed by atoms with Crippen LogP contribution in [0.5, 0.6) is 0 Å². The summed E-state index contributed by atoms with van der Waals surface area (Å²) in [7, 11) is 0. The highest BCUT2D eigenvalue weighted by Crippen LogP contribution is 2.28. The van der Waals surface area contributed by atoms with Crippen LogP contribution < -0.4 is 16.6 Å². The summed E-state index contributed by atoms with van der Waals surface area (Å²) < 4.78 is 13.7. The third-order valence-electron chi connectivity index (χ3n) is 2.51. The van der Waals surface area contributed by atoms with Gasteiger partial charge in [-0.25, -0.2) is 4.39 Å². The van der Waals surface area contributed by atoms with E-state index in [9.17, 15) is 14.5 Å². The van der Waals surface area contributed by atoms with Crippen molar-refractivity contribution in [2.45, 2.75) is 0 Å². The molecule has 0 unspecified atom stereocenters. The number of halogens is 2. The van der Waals surface area contributed by atoms with Crippen LogP contribution in [0.3, 0.4) is 0 Å². The smallest absolute Gasteiger partial charge is 0.273 e. The van der Waals surface area contributed by atoms with Gasteiger partial charge < -0.3 is 10.7 Å². The van der Waals surface area contributed by atoms with Gasteiger partial charge in [0.2, 0.25) is 0 Å². The molecule has 0 aliphatic heterocycles. The third kappa shape index (κ3) is 3.33. The molecule has 6 nitrogen and oxygen atoms in total. The summed E-state index contributed by atoms with van der Waals surface area (Å²) in [6, 6.07) is 8.55. The van der Waals surface area contributed by atoms with Gasteiger partial charge in [0.1, 0.15) is 5.82 Å². The maximum Gasteiger partial charge on any atom is 0.273 e. The summed E-state index contributed by atoms with van der Waals surface area (Å²) in [5, 5.41) is 13.8. The summed E-state index contributed by atoms with van der Waals surface area (Å²) >= 11 is 1.98. The van der Waals surface area contributed by atoms with Crippen molar-refractivity contribution < 1.29 is 9.31 Å². The molecule has 0 atom stereocenters. The van der Waals surface area contributed by atoms with Gasteiger partial charge in [0.25, 0.3) is 5.69 Å². The molecule has 0 radical (unpaired) electrons. The van der Waals surface area contributed by atoms with Gasteiger partial charge >= 0.3 is 0 Å². The number of hydrogen-bond acceptors (Lipinski definition) is 5. The Morgan fingerprint density at radius 3 is 2.50 bits per heavy atom. The number of rotatable bonds is 4. The van der Waals surface area contributed by atoms with Crippen LogP contribution in [-0.4, -0.2) is 4.92 Å². The molecule has 0 bridgehead atoms. The standard InChI is InChI=1S/C12H10FIN4O2/c13-7-1-2-12(11(14)3-7)16-8-4-9(17-15)6-10(5-8)18(19)20/h1-6,16-17H,15H2. The van der Waals surface area contributed by atoms with Gasteiger partial charge in [0, 0.05) is 21.4 Å². The molecule has 0 aromatic heterocycles. The number of hydrazine groups is 1. The van der Waals surface area contributed by atoms with Crippen molar-refractivity contribution in [3.63, 3.8) is 0 Å². The molecular weight excluding hydrogens is 378 g/mol. The number of nitrogens with one attached hydrogen (secondary N) is 2. The van der Waals surface area contributed by atoms with E-state index in [1.54, 1.807) is 12.1 Å². The molecule has 8 heteroatoms. The molecule has 0 aliphatic carbocycles. The highest BCUT2D eigenvalue weighted by atomic mass is 127. The number of nitro benzene ring substituents is 1. The van der Waals surface area contributed by atoms with Gasteiger partial charge in [-0.2, -0.15) is 0 Å². The van der Waals surface area contributed by atoms with Gasteiger partial charge in [-0.15, -0.1) is 0 Å². The van der Waals surface area contributed by atoms with E-state index in [0.717, 1.165) is 0 Å². The van der Waals surface area contributed by atoms with Crippen molar-refractivity contribution in [3.05, 3.63) is 55.9 Å². The zero-order valence-corrected chi connectivity index (χ0v) is 12.2. The molecule has 0 saturated carbocycles. The Hall–Kier alpha value is -1.94. The van der Waals surface area contributed by atoms with Crippen LogP contribution in [0.15, 0.2) is 36.4 Å². The van der Waals surface area contributed by atoms with Gasteiger partial charge in [-0.05, 0) is 46.9 Å². The maximum atomic E-state index is 13.0. The Kier molecular flexibility index (Phi) is 4.35. The van der Waals surface area contributed by atoms with Crippen LogP contribution in [0.1, 0.15) is 0 Å². The predicted octanol–water partition coefficient (Wildman–Crippen LogP) is 3.37.